The second kappa shape index (κ2) is 8.29. The molecule has 0 aromatic heterocycles. The molecule has 3 rings (SSSR count). The molecule has 150 valence electrons. The SMILES string of the molecule is CCN(C(=O)c1ccc(OC)c(OC)c1)c1cc2c(cc1Br)C[Si](C)(C)CC2. The summed E-state index contributed by atoms with van der Waals surface area (Å²) in [6.07, 6.45) is 1.11. The van der Waals surface area contributed by atoms with Crippen molar-refractivity contribution >= 4 is 35.6 Å². The molecule has 0 saturated heterocycles. The number of fused-ring (bicyclic) bond motifs is 1. The van der Waals surface area contributed by atoms with E-state index in [0.717, 1.165) is 16.6 Å². The van der Waals surface area contributed by atoms with Gasteiger partial charge in [0.25, 0.3) is 5.91 Å². The zero-order chi connectivity index (χ0) is 20.5. The third-order valence-electron chi connectivity index (χ3n) is 5.49. The highest BCUT2D eigenvalue weighted by molar-refractivity contribution is 9.10. The molecule has 4 nitrogen and oxygen atoms in total. The Balaban J connectivity index is 1.97. The van der Waals surface area contributed by atoms with Gasteiger partial charge in [0.1, 0.15) is 0 Å². The molecule has 0 aliphatic carbocycles. The molecule has 0 fully saturated rings. The van der Waals surface area contributed by atoms with Gasteiger partial charge >= 0.3 is 0 Å². The van der Waals surface area contributed by atoms with Gasteiger partial charge in [0.15, 0.2) is 11.5 Å². The van der Waals surface area contributed by atoms with Crippen LogP contribution in [0.3, 0.4) is 0 Å². The fourth-order valence-electron chi connectivity index (χ4n) is 3.88. The van der Waals surface area contributed by atoms with Crippen molar-refractivity contribution in [3.63, 3.8) is 0 Å². The van der Waals surface area contributed by atoms with Crippen molar-refractivity contribution in [3.8, 4) is 11.5 Å². The maximum absolute atomic E-state index is 13.3. The van der Waals surface area contributed by atoms with Gasteiger partial charge in [-0.15, -0.1) is 0 Å². The summed E-state index contributed by atoms with van der Waals surface area (Å²) in [5, 5.41) is 0. The third-order valence-corrected chi connectivity index (χ3v) is 9.07. The summed E-state index contributed by atoms with van der Waals surface area (Å²) in [5.74, 6) is 1.12. The van der Waals surface area contributed by atoms with Gasteiger partial charge in [-0.2, -0.15) is 0 Å². The van der Waals surface area contributed by atoms with E-state index >= 15 is 0 Å². The number of aryl methyl sites for hydroxylation is 1. The van der Waals surface area contributed by atoms with Crippen LogP contribution in [0.1, 0.15) is 28.4 Å². The predicted molar refractivity (Wildman–Crippen MR) is 121 cm³/mol. The smallest absolute Gasteiger partial charge is 0.258 e. The van der Waals surface area contributed by atoms with E-state index in [9.17, 15) is 4.79 Å². The molecule has 0 radical (unpaired) electrons. The van der Waals surface area contributed by atoms with Crippen molar-refractivity contribution < 1.29 is 14.3 Å². The number of ether oxygens (including phenoxy) is 2. The van der Waals surface area contributed by atoms with Crippen LogP contribution in [0.4, 0.5) is 5.69 Å². The van der Waals surface area contributed by atoms with Crippen molar-refractivity contribution in [2.75, 3.05) is 25.7 Å². The van der Waals surface area contributed by atoms with Gasteiger partial charge in [0, 0.05) is 16.6 Å². The van der Waals surface area contributed by atoms with Crippen LogP contribution in [-0.2, 0) is 12.5 Å². The molecular weight excluding hydrogens is 434 g/mol. The van der Waals surface area contributed by atoms with Crippen LogP contribution in [0.25, 0.3) is 0 Å². The van der Waals surface area contributed by atoms with E-state index < -0.39 is 8.07 Å². The lowest BCUT2D eigenvalue weighted by atomic mass is 10.0. The molecule has 1 amide bonds. The minimum Gasteiger partial charge on any atom is -0.493 e. The van der Waals surface area contributed by atoms with E-state index in [1.54, 1.807) is 32.4 Å². The number of hydrogen-bond donors (Lipinski definition) is 0. The van der Waals surface area contributed by atoms with Gasteiger partial charge in [-0.1, -0.05) is 19.1 Å². The molecule has 0 spiro atoms. The minimum absolute atomic E-state index is 0.0467. The lowest BCUT2D eigenvalue weighted by Crippen LogP contribution is -2.35. The fourth-order valence-corrected chi connectivity index (χ4v) is 6.96. The predicted octanol–water partition coefficient (Wildman–Crippen LogP) is 5.48. The van der Waals surface area contributed by atoms with Crippen molar-refractivity contribution in [3.05, 3.63) is 51.5 Å². The molecule has 0 saturated carbocycles. The number of rotatable bonds is 5. The molecule has 1 aliphatic heterocycles. The van der Waals surface area contributed by atoms with Crippen LogP contribution in [0.5, 0.6) is 11.5 Å². The largest absolute Gasteiger partial charge is 0.493 e. The summed E-state index contributed by atoms with van der Waals surface area (Å²) in [4.78, 5) is 15.1. The Hall–Kier alpha value is -1.79. The summed E-state index contributed by atoms with van der Waals surface area (Å²) < 4.78 is 11.6. The van der Waals surface area contributed by atoms with E-state index in [0.29, 0.717) is 23.6 Å². The second-order valence-corrected chi connectivity index (χ2v) is 14.1. The molecule has 1 aliphatic rings. The number of carbonyl (C=O) groups is 1. The van der Waals surface area contributed by atoms with Gasteiger partial charge in [-0.25, -0.2) is 0 Å². The standard InChI is InChI=1S/C22H28BrNO3Si/c1-6-24(22(25)16-7-8-20(26-2)21(13-16)27-3)19-12-15-9-10-28(4,5)14-17(15)11-18(19)23/h7-8,11-13H,6,9-10,14H2,1-5H3. The van der Waals surface area contributed by atoms with E-state index in [1.807, 2.05) is 11.8 Å². The summed E-state index contributed by atoms with van der Waals surface area (Å²) in [6, 6.07) is 12.2. The Morgan fingerprint density at radius 1 is 1.11 bits per heavy atom. The first kappa shape index (κ1) is 20.9. The first-order valence-corrected chi connectivity index (χ1v) is 13.9. The quantitative estimate of drug-likeness (QED) is 0.553. The molecule has 0 bridgehead atoms. The Kier molecular flexibility index (Phi) is 6.20. The maximum atomic E-state index is 13.3. The highest BCUT2D eigenvalue weighted by atomic mass is 79.9. The van der Waals surface area contributed by atoms with E-state index in [-0.39, 0.29) is 5.91 Å². The number of hydrogen-bond acceptors (Lipinski definition) is 3. The lowest BCUT2D eigenvalue weighted by Gasteiger charge is -2.31. The molecule has 0 atom stereocenters. The third kappa shape index (κ3) is 4.13. The topological polar surface area (TPSA) is 38.8 Å². The maximum Gasteiger partial charge on any atom is 0.258 e. The Bertz CT molecular complexity index is 898. The lowest BCUT2D eigenvalue weighted by molar-refractivity contribution is 0.0987. The van der Waals surface area contributed by atoms with Crippen LogP contribution < -0.4 is 14.4 Å². The normalized spacial score (nSPS) is 14.9. The van der Waals surface area contributed by atoms with Crippen LogP contribution in [0.15, 0.2) is 34.8 Å². The molecule has 2 aromatic rings. The number of halogens is 1. The first-order chi connectivity index (χ1) is 13.3. The van der Waals surface area contributed by atoms with Crippen LogP contribution in [0, 0.1) is 0 Å². The highest BCUT2D eigenvalue weighted by Crippen LogP contribution is 2.37. The van der Waals surface area contributed by atoms with Crippen molar-refractivity contribution in [2.45, 2.75) is 38.5 Å². The van der Waals surface area contributed by atoms with Crippen molar-refractivity contribution in [1.29, 1.82) is 0 Å². The average Bonchev–Trinajstić information content (AvgIpc) is 2.67. The monoisotopic (exact) mass is 461 g/mol. The van der Waals surface area contributed by atoms with Crippen LogP contribution in [0.2, 0.25) is 19.1 Å². The van der Waals surface area contributed by atoms with Gasteiger partial charge < -0.3 is 14.4 Å². The van der Waals surface area contributed by atoms with E-state index in [1.165, 1.54) is 23.2 Å². The van der Waals surface area contributed by atoms with Gasteiger partial charge in [0.2, 0.25) is 0 Å². The van der Waals surface area contributed by atoms with Gasteiger partial charge in [0.05, 0.1) is 28.0 Å². The Morgan fingerprint density at radius 3 is 2.46 bits per heavy atom. The van der Waals surface area contributed by atoms with E-state index in [2.05, 4.69) is 41.2 Å². The van der Waals surface area contributed by atoms with Crippen LogP contribution in [-0.4, -0.2) is 34.7 Å². The molecule has 0 N–H and O–H groups in total. The number of carbonyl (C=O) groups excluding carboxylic acids is 1. The highest BCUT2D eigenvalue weighted by Gasteiger charge is 2.29. The summed E-state index contributed by atoms with van der Waals surface area (Å²) in [5.41, 5.74) is 4.33. The van der Waals surface area contributed by atoms with Gasteiger partial charge in [-0.05, 0) is 76.8 Å². The molecule has 6 heteroatoms. The Morgan fingerprint density at radius 2 is 1.82 bits per heavy atom. The fraction of sp³-hybridized carbons (Fsp3) is 0.409. The van der Waals surface area contributed by atoms with Crippen LogP contribution >= 0.6 is 15.9 Å². The zero-order valence-corrected chi connectivity index (χ0v) is 19.9. The summed E-state index contributed by atoms with van der Waals surface area (Å²) in [7, 11) is 2.03. The molecule has 0 unspecified atom stereocenters. The number of nitrogens with zero attached hydrogens (tertiary/aromatic N) is 1. The molecular formula is C22H28BrNO3Si. The molecule has 1 heterocycles. The number of benzene rings is 2. The minimum atomic E-state index is -1.14. The van der Waals surface area contributed by atoms with Crippen molar-refractivity contribution in [2.24, 2.45) is 0 Å². The number of amides is 1. The first-order valence-electron chi connectivity index (χ1n) is 9.65. The molecule has 2 aromatic carbocycles. The number of methoxy groups -OCH3 is 2. The van der Waals surface area contributed by atoms with Gasteiger partial charge in [-0.3, -0.25) is 4.79 Å². The van der Waals surface area contributed by atoms with Crippen molar-refractivity contribution in [1.82, 2.24) is 0 Å². The Labute approximate surface area is 177 Å². The molecule has 28 heavy (non-hydrogen) atoms. The summed E-state index contributed by atoms with van der Waals surface area (Å²) in [6.45, 7) is 7.50. The van der Waals surface area contributed by atoms with E-state index in [4.69, 9.17) is 9.47 Å². The average molecular weight is 462 g/mol. The zero-order valence-electron chi connectivity index (χ0n) is 17.3. The summed E-state index contributed by atoms with van der Waals surface area (Å²) >= 11 is 3.72. The number of anilines is 1. The second-order valence-electron chi connectivity index (χ2n) is 8.03.